The quantitative estimate of drug-likeness (QED) is 0.265. The minimum Gasteiger partial charge on any atom is -0.481 e. The van der Waals surface area contributed by atoms with Gasteiger partial charge in [0.1, 0.15) is 12.1 Å². The molecule has 0 saturated carbocycles. The van der Waals surface area contributed by atoms with Crippen LogP contribution in [0, 0.1) is 17.6 Å². The van der Waals surface area contributed by atoms with E-state index in [2.05, 4.69) is 39.0 Å². The van der Waals surface area contributed by atoms with E-state index in [1.807, 2.05) is 4.90 Å². The summed E-state index contributed by atoms with van der Waals surface area (Å²) < 4.78 is 70.8. The third kappa shape index (κ3) is 7.44. The van der Waals surface area contributed by atoms with E-state index in [0.29, 0.717) is 56.1 Å². The molecule has 2 fully saturated rings. The second kappa shape index (κ2) is 13.3. The Hall–Kier alpha value is -3.43. The molecular weight excluding hydrogens is 605 g/mol. The second-order valence-electron chi connectivity index (χ2n) is 11.4. The normalized spacial score (nSPS) is 18.4. The highest BCUT2D eigenvalue weighted by molar-refractivity contribution is 7.16. The molecule has 1 atom stereocenters. The summed E-state index contributed by atoms with van der Waals surface area (Å²) in [5.41, 5.74) is -0.928. The van der Waals surface area contributed by atoms with E-state index in [-0.39, 0.29) is 40.5 Å². The van der Waals surface area contributed by atoms with Crippen LogP contribution in [0.2, 0.25) is 0 Å². The molecule has 2 aromatic heterocycles. The van der Waals surface area contributed by atoms with Gasteiger partial charge in [0.15, 0.2) is 16.8 Å². The smallest absolute Gasteiger partial charge is 0.416 e. The number of hydrogen-bond donors (Lipinski definition) is 2. The lowest BCUT2D eigenvalue weighted by atomic mass is 10.0. The monoisotopic (exact) mass is 639 g/mol. The molecule has 0 amide bonds. The Morgan fingerprint density at radius 1 is 1.11 bits per heavy atom. The molecule has 238 valence electrons. The van der Waals surface area contributed by atoms with Crippen molar-refractivity contribution < 1.29 is 31.9 Å². The van der Waals surface area contributed by atoms with Gasteiger partial charge >= 0.3 is 12.1 Å². The maximum Gasteiger partial charge on any atom is 0.416 e. The van der Waals surface area contributed by atoms with Crippen LogP contribution in [-0.4, -0.2) is 81.1 Å². The van der Waals surface area contributed by atoms with E-state index in [1.165, 1.54) is 6.33 Å². The Morgan fingerprint density at radius 3 is 2.55 bits per heavy atom. The van der Waals surface area contributed by atoms with Crippen LogP contribution in [-0.2, 0) is 17.5 Å². The van der Waals surface area contributed by atoms with Gasteiger partial charge < -0.3 is 15.3 Å². The third-order valence-corrected chi connectivity index (χ3v) is 8.99. The molecule has 2 aliphatic heterocycles. The fourth-order valence-corrected chi connectivity index (χ4v) is 6.83. The lowest BCUT2D eigenvalue weighted by Gasteiger charge is -2.35. The third-order valence-electron chi connectivity index (χ3n) is 8.04. The fourth-order valence-electron chi connectivity index (χ4n) is 5.82. The number of aliphatic carboxylic acids is 1. The lowest BCUT2D eigenvalue weighted by molar-refractivity contribution is -0.138. The Morgan fingerprint density at radius 2 is 1.86 bits per heavy atom. The minimum atomic E-state index is -4.74. The number of benzene rings is 1. The van der Waals surface area contributed by atoms with Crippen LogP contribution < -0.4 is 10.2 Å². The highest BCUT2D eigenvalue weighted by Crippen LogP contribution is 2.39. The van der Waals surface area contributed by atoms with Crippen molar-refractivity contribution in [1.82, 2.24) is 24.8 Å². The number of carboxylic acid groups (broad SMARTS) is 1. The highest BCUT2D eigenvalue weighted by Gasteiger charge is 2.33. The van der Waals surface area contributed by atoms with Gasteiger partial charge in [0.05, 0.1) is 17.7 Å². The molecule has 0 bridgehead atoms. The van der Waals surface area contributed by atoms with Crippen molar-refractivity contribution in [3.63, 3.8) is 0 Å². The van der Waals surface area contributed by atoms with E-state index in [4.69, 9.17) is 5.11 Å². The molecule has 0 spiro atoms. The molecular formula is C29H34F5N7O2S. The first-order valence-electron chi connectivity index (χ1n) is 14.5. The van der Waals surface area contributed by atoms with Crippen molar-refractivity contribution in [3.8, 4) is 11.3 Å². The number of carbonyl (C=O) groups is 1. The van der Waals surface area contributed by atoms with Gasteiger partial charge in [0, 0.05) is 55.8 Å². The Kier molecular flexibility index (Phi) is 9.65. The number of thiazole rings is 1. The van der Waals surface area contributed by atoms with Crippen molar-refractivity contribution in [1.29, 1.82) is 0 Å². The predicted molar refractivity (Wildman–Crippen MR) is 157 cm³/mol. The first-order chi connectivity index (χ1) is 20.9. The molecule has 4 heterocycles. The molecule has 1 aromatic carbocycles. The van der Waals surface area contributed by atoms with Crippen LogP contribution in [0.15, 0.2) is 24.5 Å². The van der Waals surface area contributed by atoms with Crippen molar-refractivity contribution >= 4 is 34.1 Å². The van der Waals surface area contributed by atoms with E-state index in [1.54, 1.807) is 4.90 Å². The number of rotatable bonds is 10. The molecule has 2 aliphatic rings. The van der Waals surface area contributed by atoms with Gasteiger partial charge in [-0.1, -0.05) is 25.2 Å². The number of halogens is 5. The van der Waals surface area contributed by atoms with Crippen LogP contribution in [0.1, 0.15) is 43.6 Å². The van der Waals surface area contributed by atoms with Crippen LogP contribution in [0.25, 0.3) is 11.3 Å². The highest BCUT2D eigenvalue weighted by atomic mass is 32.1. The zero-order chi connectivity index (χ0) is 31.6. The number of nitrogens with zero attached hydrogens (tertiary/aromatic N) is 6. The van der Waals surface area contributed by atoms with Gasteiger partial charge in [-0.3, -0.25) is 14.6 Å². The van der Waals surface area contributed by atoms with Gasteiger partial charge in [-0.05, 0) is 43.5 Å². The van der Waals surface area contributed by atoms with Gasteiger partial charge in [0.25, 0.3) is 0 Å². The summed E-state index contributed by atoms with van der Waals surface area (Å²) in [5.74, 6) is -2.32. The Balaban J connectivity index is 1.42. The summed E-state index contributed by atoms with van der Waals surface area (Å²) in [5, 5.41) is 12.0. The van der Waals surface area contributed by atoms with Gasteiger partial charge in [-0.2, -0.15) is 17.6 Å². The standard InChI is InChI=1S/C29H34F5N7O2S/c1-17(2)21-4-3-6-41(21)15-22-25(18-12-19(29(32,33)34)14-20(30)13-18)37-28(44-22)38-26-24(31)27(36-16-35-26)40-10-8-39(9-11-40)7-5-23(42)43/h12-14,16-17,21H,3-11,15H2,1-2H3,(H,42,43)(H,35,36,37,38)/t21-/m0/s1. The molecule has 15 heteroatoms. The van der Waals surface area contributed by atoms with Crippen molar-refractivity contribution in [3.05, 3.63) is 46.6 Å². The van der Waals surface area contributed by atoms with Crippen LogP contribution in [0.3, 0.4) is 0 Å². The summed E-state index contributed by atoms with van der Waals surface area (Å²) in [6.07, 6.45) is -1.52. The molecule has 0 radical (unpaired) electrons. The largest absolute Gasteiger partial charge is 0.481 e. The minimum absolute atomic E-state index is 0.0125. The number of anilines is 3. The molecule has 2 N–H and O–H groups in total. The SMILES string of the molecule is CC(C)[C@@H]1CCCN1Cc1sc(Nc2ncnc(N3CCN(CCC(=O)O)CC3)c2F)nc1-c1cc(F)cc(C(F)(F)F)c1. The van der Waals surface area contributed by atoms with E-state index >= 15 is 4.39 Å². The average molecular weight is 640 g/mol. The zero-order valence-electron chi connectivity index (χ0n) is 24.4. The number of alkyl halides is 3. The van der Waals surface area contributed by atoms with Crippen LogP contribution in [0.4, 0.5) is 38.7 Å². The van der Waals surface area contributed by atoms with Crippen molar-refractivity contribution in [2.45, 2.75) is 51.9 Å². The second-order valence-corrected chi connectivity index (χ2v) is 12.5. The summed E-state index contributed by atoms with van der Waals surface area (Å²) in [6, 6.07) is 2.65. The fraction of sp³-hybridized carbons (Fsp3) is 0.517. The Labute approximate surface area is 255 Å². The zero-order valence-corrected chi connectivity index (χ0v) is 25.2. The molecule has 0 unspecified atom stereocenters. The Bertz CT molecular complexity index is 1480. The van der Waals surface area contributed by atoms with E-state index in [9.17, 15) is 22.4 Å². The topological polar surface area (TPSA) is 97.7 Å². The van der Waals surface area contributed by atoms with E-state index in [0.717, 1.165) is 42.9 Å². The number of nitrogens with one attached hydrogen (secondary N) is 1. The number of aromatic nitrogens is 3. The van der Waals surface area contributed by atoms with Crippen LogP contribution in [0.5, 0.6) is 0 Å². The summed E-state index contributed by atoms with van der Waals surface area (Å²) in [6.45, 7) is 7.82. The predicted octanol–water partition coefficient (Wildman–Crippen LogP) is 5.86. The molecule has 3 aromatic rings. The molecule has 5 rings (SSSR count). The first-order valence-corrected chi connectivity index (χ1v) is 15.3. The average Bonchev–Trinajstić information content (AvgIpc) is 3.60. The lowest BCUT2D eigenvalue weighted by Crippen LogP contribution is -2.47. The number of likely N-dealkylation sites (tertiary alicyclic amines) is 1. The first kappa shape index (κ1) is 32.0. The van der Waals surface area contributed by atoms with Crippen molar-refractivity contribution in [2.24, 2.45) is 5.92 Å². The summed E-state index contributed by atoms with van der Waals surface area (Å²) in [4.78, 5) is 30.2. The number of piperazine rings is 1. The number of hydrogen-bond acceptors (Lipinski definition) is 9. The van der Waals surface area contributed by atoms with Crippen LogP contribution >= 0.6 is 11.3 Å². The van der Waals surface area contributed by atoms with Gasteiger partial charge in [-0.15, -0.1) is 0 Å². The maximum atomic E-state index is 15.7. The van der Waals surface area contributed by atoms with Gasteiger partial charge in [-0.25, -0.2) is 19.3 Å². The van der Waals surface area contributed by atoms with Gasteiger partial charge in [0.2, 0.25) is 5.82 Å². The number of carboxylic acids is 1. The van der Waals surface area contributed by atoms with E-state index < -0.39 is 29.3 Å². The maximum absolute atomic E-state index is 15.7. The van der Waals surface area contributed by atoms with Crippen molar-refractivity contribution in [2.75, 3.05) is 49.5 Å². The molecule has 44 heavy (non-hydrogen) atoms. The molecule has 0 aliphatic carbocycles. The summed E-state index contributed by atoms with van der Waals surface area (Å²) in [7, 11) is 0. The molecule has 9 nitrogen and oxygen atoms in total. The summed E-state index contributed by atoms with van der Waals surface area (Å²) >= 11 is 1.16. The molecule has 2 saturated heterocycles.